The molecule has 2 amide bonds. The van der Waals surface area contributed by atoms with Gasteiger partial charge in [0.2, 0.25) is 5.71 Å². The number of nitrogens with zero attached hydrogens (tertiary/aromatic N) is 4. The summed E-state index contributed by atoms with van der Waals surface area (Å²) < 4.78 is 13.2. The van der Waals surface area contributed by atoms with Gasteiger partial charge in [0.25, 0.3) is 11.9 Å². The number of ether oxygens (including phenoxy) is 2. The second-order valence-corrected chi connectivity index (χ2v) is 7.84. The molecule has 0 spiro atoms. The van der Waals surface area contributed by atoms with E-state index in [1.807, 2.05) is 18.4 Å². The number of imidazole rings is 1. The number of rotatable bonds is 7. The van der Waals surface area contributed by atoms with Crippen molar-refractivity contribution in [3.05, 3.63) is 40.4 Å². The minimum Gasteiger partial charge on any atom is -0.468 e. The van der Waals surface area contributed by atoms with Gasteiger partial charge in [-0.05, 0) is 38.1 Å². The highest BCUT2D eigenvalue weighted by Crippen LogP contribution is 2.40. The van der Waals surface area contributed by atoms with Gasteiger partial charge in [0, 0.05) is 12.1 Å². The Balaban J connectivity index is 1.87. The highest BCUT2D eigenvalue weighted by atomic mass is 35.5. The number of imide groups is 1. The third-order valence-corrected chi connectivity index (χ3v) is 4.95. The number of amides is 2. The normalized spacial score (nSPS) is 11.3. The molecule has 3 N–H and O–H groups in total. The lowest BCUT2D eigenvalue weighted by molar-refractivity contribution is -0.114. The van der Waals surface area contributed by atoms with E-state index in [2.05, 4.69) is 15.5 Å². The molecule has 1 aromatic heterocycles. The number of anilines is 1. The molecule has 1 heterocycles. The summed E-state index contributed by atoms with van der Waals surface area (Å²) >= 11 is 12.7. The van der Waals surface area contributed by atoms with Crippen molar-refractivity contribution in [2.24, 2.45) is 5.10 Å². The number of aromatic nitrogens is 2. The fraction of sp³-hybridized carbons (Fsp3) is 0.190. The Morgan fingerprint density at radius 3 is 2.47 bits per heavy atom. The summed E-state index contributed by atoms with van der Waals surface area (Å²) in [7, 11) is 1.55. The van der Waals surface area contributed by atoms with Crippen molar-refractivity contribution < 1.29 is 24.2 Å². The van der Waals surface area contributed by atoms with Crippen LogP contribution in [0.5, 0.6) is 17.5 Å². The number of carbonyl (C=O) groups excluding carboxylic acids is 1. The van der Waals surface area contributed by atoms with Crippen LogP contribution in [0.3, 0.4) is 0 Å². The van der Waals surface area contributed by atoms with Crippen LogP contribution >= 0.6 is 23.2 Å². The quantitative estimate of drug-likeness (QED) is 0.306. The molecule has 13 heteroatoms. The Kier molecular flexibility index (Phi) is 7.45. The molecule has 0 saturated heterocycles. The predicted octanol–water partition coefficient (Wildman–Crippen LogP) is 4.81. The lowest BCUT2D eigenvalue weighted by atomic mass is 10.2. The van der Waals surface area contributed by atoms with Crippen LogP contribution in [-0.2, 0) is 4.79 Å². The molecule has 0 bridgehead atoms. The van der Waals surface area contributed by atoms with Gasteiger partial charge in [0.15, 0.2) is 5.75 Å². The zero-order valence-electron chi connectivity index (χ0n) is 18.1. The van der Waals surface area contributed by atoms with Gasteiger partial charge in [0.05, 0.1) is 33.9 Å². The molecule has 3 rings (SSSR count). The van der Waals surface area contributed by atoms with Crippen molar-refractivity contribution >= 4 is 57.6 Å². The van der Waals surface area contributed by atoms with Crippen molar-refractivity contribution in [1.29, 1.82) is 5.26 Å². The van der Waals surface area contributed by atoms with Crippen LogP contribution in [0.1, 0.15) is 19.9 Å². The molecule has 0 fully saturated rings. The maximum atomic E-state index is 11.6. The number of benzene rings is 2. The lowest BCUT2D eigenvalue weighted by Gasteiger charge is -2.13. The first kappa shape index (κ1) is 24.6. The SMILES string of the molecule is COc1nc2ccc(Oc3c(Cl)cc(NN=C(C#N)C(=O)NC(=O)O)cc3Cl)cc2n1C(C)C. The monoisotopic (exact) mass is 504 g/mol. The largest absolute Gasteiger partial charge is 0.468 e. The van der Waals surface area contributed by atoms with Gasteiger partial charge >= 0.3 is 6.09 Å². The average molecular weight is 505 g/mol. The number of hydrogen-bond acceptors (Lipinski definition) is 8. The minimum absolute atomic E-state index is 0.0872. The second-order valence-electron chi connectivity index (χ2n) is 7.03. The van der Waals surface area contributed by atoms with Crippen molar-refractivity contribution in [1.82, 2.24) is 14.9 Å². The molecule has 0 aliphatic carbocycles. The van der Waals surface area contributed by atoms with Gasteiger partial charge < -0.3 is 14.6 Å². The first-order valence-corrected chi connectivity index (χ1v) is 10.4. The smallest absolute Gasteiger partial charge is 0.411 e. The molecule has 34 heavy (non-hydrogen) atoms. The van der Waals surface area contributed by atoms with E-state index in [-0.39, 0.29) is 27.5 Å². The van der Waals surface area contributed by atoms with Gasteiger partial charge in [-0.2, -0.15) is 15.3 Å². The number of carboxylic acid groups (broad SMARTS) is 1. The Morgan fingerprint density at radius 1 is 1.24 bits per heavy atom. The van der Waals surface area contributed by atoms with Crippen LogP contribution in [0.2, 0.25) is 10.0 Å². The Morgan fingerprint density at radius 2 is 1.91 bits per heavy atom. The average Bonchev–Trinajstić information content (AvgIpc) is 3.14. The molecule has 0 saturated carbocycles. The van der Waals surface area contributed by atoms with Crippen molar-refractivity contribution in [2.45, 2.75) is 19.9 Å². The molecule has 11 nitrogen and oxygen atoms in total. The molecule has 0 radical (unpaired) electrons. The molecule has 0 aliphatic heterocycles. The van der Waals surface area contributed by atoms with Crippen molar-refractivity contribution in [2.75, 3.05) is 12.5 Å². The summed E-state index contributed by atoms with van der Waals surface area (Å²) in [6.07, 6.45) is -1.62. The van der Waals surface area contributed by atoms with E-state index in [0.29, 0.717) is 11.8 Å². The molecule has 0 unspecified atom stereocenters. The zero-order valence-corrected chi connectivity index (χ0v) is 19.6. The molecular formula is C21H18Cl2N6O5. The van der Waals surface area contributed by atoms with Crippen molar-refractivity contribution in [3.63, 3.8) is 0 Å². The number of hydrazone groups is 1. The second kappa shape index (κ2) is 10.3. The van der Waals surface area contributed by atoms with Crippen LogP contribution in [0.15, 0.2) is 35.4 Å². The van der Waals surface area contributed by atoms with Crippen LogP contribution < -0.4 is 20.2 Å². The predicted molar refractivity (Wildman–Crippen MR) is 126 cm³/mol. The summed E-state index contributed by atoms with van der Waals surface area (Å²) in [6, 6.07) is 10.2. The number of nitrogens with one attached hydrogen (secondary N) is 2. The van der Waals surface area contributed by atoms with Gasteiger partial charge in [-0.1, -0.05) is 23.2 Å². The molecule has 176 valence electrons. The third kappa shape index (κ3) is 5.31. The van der Waals surface area contributed by atoms with E-state index < -0.39 is 17.7 Å². The number of hydrogen-bond donors (Lipinski definition) is 3. The maximum absolute atomic E-state index is 11.6. The number of halogens is 2. The Hall–Kier alpha value is -4.01. The van der Waals surface area contributed by atoms with E-state index in [9.17, 15) is 9.59 Å². The maximum Gasteiger partial charge on any atom is 0.411 e. The zero-order chi connectivity index (χ0) is 25.0. The number of nitriles is 1. The minimum atomic E-state index is -1.62. The van der Waals surface area contributed by atoms with Gasteiger partial charge in [-0.3, -0.25) is 20.1 Å². The fourth-order valence-corrected chi connectivity index (χ4v) is 3.56. The Bertz CT molecular complexity index is 1320. The first-order valence-electron chi connectivity index (χ1n) is 9.65. The summed E-state index contributed by atoms with van der Waals surface area (Å²) in [5.41, 5.74) is 3.49. The highest BCUT2D eigenvalue weighted by molar-refractivity contribution is 6.46. The molecule has 3 aromatic rings. The number of fused-ring (bicyclic) bond motifs is 1. The highest BCUT2D eigenvalue weighted by Gasteiger charge is 2.17. The van der Waals surface area contributed by atoms with Gasteiger partial charge in [-0.15, -0.1) is 0 Å². The number of methoxy groups -OCH3 is 1. The van der Waals surface area contributed by atoms with E-state index in [1.54, 1.807) is 25.3 Å². The number of carbonyl (C=O) groups is 2. The summed E-state index contributed by atoms with van der Waals surface area (Å²) in [5.74, 6) is -0.562. The molecule has 0 aliphatic rings. The van der Waals surface area contributed by atoms with Crippen LogP contribution in [0, 0.1) is 11.3 Å². The molecular weight excluding hydrogens is 487 g/mol. The van der Waals surface area contributed by atoms with Crippen LogP contribution in [0.4, 0.5) is 10.5 Å². The fourth-order valence-electron chi connectivity index (χ4n) is 3.00. The summed E-state index contributed by atoms with van der Waals surface area (Å²) in [6.45, 7) is 4.00. The van der Waals surface area contributed by atoms with E-state index in [4.69, 9.17) is 43.0 Å². The molecule has 2 aromatic carbocycles. The topological polar surface area (TPSA) is 151 Å². The standard InChI is InChI=1S/C21H18Cl2N6O5/c1-10(2)29-17-8-12(4-5-15(17)25-20(29)33-3)34-18-13(22)6-11(7-14(18)23)27-28-16(9-24)19(30)26-21(31)32/h4-8,10,27H,1-3H3,(H,26,30)(H,31,32). The van der Waals surface area contributed by atoms with Gasteiger partial charge in [0.1, 0.15) is 11.8 Å². The summed E-state index contributed by atoms with van der Waals surface area (Å²) in [4.78, 5) is 26.6. The third-order valence-electron chi connectivity index (χ3n) is 4.38. The van der Waals surface area contributed by atoms with E-state index in [1.165, 1.54) is 23.5 Å². The Labute approximate surface area is 203 Å². The molecule has 0 atom stereocenters. The lowest BCUT2D eigenvalue weighted by Crippen LogP contribution is -2.34. The van der Waals surface area contributed by atoms with Crippen molar-refractivity contribution in [3.8, 4) is 23.6 Å². The van der Waals surface area contributed by atoms with E-state index in [0.717, 1.165) is 11.0 Å². The van der Waals surface area contributed by atoms with Crippen LogP contribution in [0.25, 0.3) is 11.0 Å². The first-order chi connectivity index (χ1) is 16.1. The summed E-state index contributed by atoms with van der Waals surface area (Å²) in [5, 5.41) is 22.9. The van der Waals surface area contributed by atoms with Crippen LogP contribution in [-0.4, -0.2) is 39.5 Å². The van der Waals surface area contributed by atoms with Gasteiger partial charge in [-0.25, -0.2) is 4.79 Å². The van der Waals surface area contributed by atoms with E-state index >= 15 is 0 Å².